The summed E-state index contributed by atoms with van der Waals surface area (Å²) < 4.78 is 17.2. The van der Waals surface area contributed by atoms with Crippen molar-refractivity contribution < 1.29 is 24.1 Å². The van der Waals surface area contributed by atoms with Crippen LogP contribution in [0.15, 0.2) is 12.1 Å². The summed E-state index contributed by atoms with van der Waals surface area (Å²) in [6.07, 6.45) is 1.01. The molecule has 6 nitrogen and oxygen atoms in total. The number of aliphatic carboxylic acids is 1. The Balaban J connectivity index is 3.12. The van der Waals surface area contributed by atoms with E-state index >= 15 is 0 Å². The van der Waals surface area contributed by atoms with Gasteiger partial charge in [0.15, 0.2) is 11.5 Å². The molecule has 0 heterocycles. The van der Waals surface area contributed by atoms with Crippen LogP contribution in [0.4, 0.5) is 0 Å². The van der Waals surface area contributed by atoms with Gasteiger partial charge in [-0.15, -0.1) is 0 Å². The van der Waals surface area contributed by atoms with Crippen molar-refractivity contribution in [1.82, 2.24) is 0 Å². The fourth-order valence-electron chi connectivity index (χ4n) is 2.86. The van der Waals surface area contributed by atoms with E-state index in [9.17, 15) is 9.90 Å². The van der Waals surface area contributed by atoms with Crippen LogP contribution < -0.4 is 19.9 Å². The highest BCUT2D eigenvalue weighted by Gasteiger charge is 2.30. The van der Waals surface area contributed by atoms with E-state index in [0.717, 1.165) is 5.56 Å². The molecule has 0 aromatic heterocycles. The molecule has 1 aromatic carbocycles. The van der Waals surface area contributed by atoms with Crippen LogP contribution in [0.3, 0.4) is 0 Å². The first-order valence-electron chi connectivity index (χ1n) is 8.83. The molecule has 0 aliphatic rings. The molecule has 2 atom stereocenters. The van der Waals surface area contributed by atoms with Crippen LogP contribution in [0.2, 0.25) is 0 Å². The Morgan fingerprint density at radius 1 is 1.12 bits per heavy atom. The van der Waals surface area contributed by atoms with Gasteiger partial charge in [-0.05, 0) is 58.1 Å². The summed E-state index contributed by atoms with van der Waals surface area (Å²) in [7, 11) is 0. The lowest BCUT2D eigenvalue weighted by Crippen LogP contribution is -2.46. The van der Waals surface area contributed by atoms with Crippen LogP contribution in [-0.2, 0) is 11.2 Å². The van der Waals surface area contributed by atoms with Gasteiger partial charge in [-0.2, -0.15) is 0 Å². The molecule has 0 saturated carbocycles. The topological polar surface area (TPSA) is 91.0 Å². The Labute approximate surface area is 150 Å². The molecule has 0 fully saturated rings. The monoisotopic (exact) mass is 353 g/mol. The molecule has 0 radical (unpaired) electrons. The summed E-state index contributed by atoms with van der Waals surface area (Å²) in [6, 6.07) is 3.82. The van der Waals surface area contributed by atoms with Crippen LogP contribution >= 0.6 is 0 Å². The number of carboxylic acids is 1. The van der Waals surface area contributed by atoms with E-state index in [4.69, 9.17) is 19.9 Å². The van der Waals surface area contributed by atoms with Crippen molar-refractivity contribution >= 4 is 5.97 Å². The average Bonchev–Trinajstić information content (AvgIpc) is 2.52. The zero-order valence-electron chi connectivity index (χ0n) is 15.9. The van der Waals surface area contributed by atoms with Gasteiger partial charge in [-0.3, -0.25) is 4.79 Å². The largest absolute Gasteiger partial charge is 0.490 e. The summed E-state index contributed by atoms with van der Waals surface area (Å²) in [6.45, 7) is 10.8. The van der Waals surface area contributed by atoms with E-state index < -0.39 is 11.5 Å². The highest BCUT2D eigenvalue weighted by atomic mass is 16.5. The Morgan fingerprint density at radius 3 is 2.20 bits per heavy atom. The lowest BCUT2D eigenvalue weighted by Gasteiger charge is -2.25. The molecule has 1 rings (SSSR count). The number of carboxylic acid groups (broad SMARTS) is 1. The van der Waals surface area contributed by atoms with Gasteiger partial charge in [0.05, 0.1) is 19.8 Å². The molecule has 142 valence electrons. The summed E-state index contributed by atoms with van der Waals surface area (Å²) in [4.78, 5) is 11.2. The van der Waals surface area contributed by atoms with E-state index in [0.29, 0.717) is 49.9 Å². The van der Waals surface area contributed by atoms with Crippen LogP contribution in [0.5, 0.6) is 17.2 Å². The minimum absolute atomic E-state index is 0.0673. The van der Waals surface area contributed by atoms with E-state index in [1.54, 1.807) is 6.92 Å². The third-order valence-corrected chi connectivity index (χ3v) is 3.86. The number of nitrogens with two attached hydrogens (primary N) is 1. The maximum Gasteiger partial charge on any atom is 0.323 e. The first-order chi connectivity index (χ1) is 11.8. The van der Waals surface area contributed by atoms with Gasteiger partial charge in [0.2, 0.25) is 5.75 Å². The minimum atomic E-state index is -1.25. The SMILES string of the molecule is CCOc1ccc(CC(C)CC(C)(N)C(=O)O)c(OCC)c1OCC. The molecule has 0 aliphatic heterocycles. The Hall–Kier alpha value is -1.95. The van der Waals surface area contributed by atoms with E-state index in [1.165, 1.54) is 0 Å². The Bertz CT molecular complexity index is 571. The lowest BCUT2D eigenvalue weighted by molar-refractivity contribution is -0.143. The second-order valence-electron chi connectivity index (χ2n) is 6.42. The van der Waals surface area contributed by atoms with Crippen molar-refractivity contribution in [3.8, 4) is 17.2 Å². The summed E-state index contributed by atoms with van der Waals surface area (Å²) in [5.74, 6) is 0.989. The van der Waals surface area contributed by atoms with Crippen molar-refractivity contribution in [2.45, 2.75) is 53.0 Å². The van der Waals surface area contributed by atoms with Crippen molar-refractivity contribution in [2.75, 3.05) is 19.8 Å². The second-order valence-corrected chi connectivity index (χ2v) is 6.42. The molecular formula is C19H31NO5. The number of ether oxygens (including phenoxy) is 3. The van der Waals surface area contributed by atoms with Crippen LogP contribution in [0.25, 0.3) is 0 Å². The molecule has 1 aromatic rings. The van der Waals surface area contributed by atoms with Gasteiger partial charge < -0.3 is 25.1 Å². The third-order valence-electron chi connectivity index (χ3n) is 3.86. The summed E-state index contributed by atoms with van der Waals surface area (Å²) in [5, 5.41) is 9.22. The molecule has 6 heteroatoms. The van der Waals surface area contributed by atoms with Gasteiger partial charge in [-0.25, -0.2) is 0 Å². The number of benzene rings is 1. The smallest absolute Gasteiger partial charge is 0.323 e. The standard InChI is InChI=1S/C19H31NO5/c1-6-23-15-10-9-14(16(24-7-2)17(15)25-8-3)11-13(4)12-19(5,20)18(21)22/h9-10,13H,6-8,11-12,20H2,1-5H3,(H,21,22). The highest BCUT2D eigenvalue weighted by Crippen LogP contribution is 2.41. The number of rotatable bonds is 11. The van der Waals surface area contributed by atoms with Gasteiger partial charge in [0, 0.05) is 0 Å². The number of hydrogen-bond acceptors (Lipinski definition) is 5. The van der Waals surface area contributed by atoms with Gasteiger partial charge in [0.25, 0.3) is 0 Å². The first-order valence-corrected chi connectivity index (χ1v) is 8.83. The Kier molecular flexibility index (Phi) is 8.03. The quantitative estimate of drug-likeness (QED) is 0.634. The zero-order valence-corrected chi connectivity index (χ0v) is 15.9. The van der Waals surface area contributed by atoms with Crippen molar-refractivity contribution in [3.63, 3.8) is 0 Å². The van der Waals surface area contributed by atoms with Crippen LogP contribution in [-0.4, -0.2) is 36.4 Å². The highest BCUT2D eigenvalue weighted by molar-refractivity contribution is 5.77. The van der Waals surface area contributed by atoms with Crippen LogP contribution in [0, 0.1) is 5.92 Å². The molecule has 2 unspecified atom stereocenters. The second kappa shape index (κ2) is 9.51. The molecule has 25 heavy (non-hydrogen) atoms. The van der Waals surface area contributed by atoms with Gasteiger partial charge in [-0.1, -0.05) is 13.0 Å². The zero-order chi connectivity index (χ0) is 19.0. The van der Waals surface area contributed by atoms with Crippen molar-refractivity contribution in [2.24, 2.45) is 11.7 Å². The predicted molar refractivity (Wildman–Crippen MR) is 97.7 cm³/mol. The molecule has 0 amide bonds. The van der Waals surface area contributed by atoms with Crippen molar-refractivity contribution in [1.29, 1.82) is 0 Å². The normalized spacial score (nSPS) is 14.5. The van der Waals surface area contributed by atoms with Gasteiger partial charge >= 0.3 is 5.97 Å². The average molecular weight is 353 g/mol. The maximum atomic E-state index is 11.2. The third kappa shape index (κ3) is 5.81. The lowest BCUT2D eigenvalue weighted by atomic mass is 9.87. The number of carbonyl (C=O) groups is 1. The fraction of sp³-hybridized carbons (Fsp3) is 0.632. The van der Waals surface area contributed by atoms with E-state index in [-0.39, 0.29) is 5.92 Å². The molecule has 0 aliphatic carbocycles. The summed E-state index contributed by atoms with van der Waals surface area (Å²) in [5.41, 5.74) is 5.59. The van der Waals surface area contributed by atoms with Gasteiger partial charge in [0.1, 0.15) is 5.54 Å². The predicted octanol–water partition coefficient (Wildman–Crippen LogP) is 3.25. The molecule has 3 N–H and O–H groups in total. The molecule has 0 spiro atoms. The number of hydrogen-bond donors (Lipinski definition) is 2. The summed E-state index contributed by atoms with van der Waals surface area (Å²) >= 11 is 0. The maximum absolute atomic E-state index is 11.2. The van der Waals surface area contributed by atoms with E-state index in [2.05, 4.69) is 0 Å². The fourth-order valence-corrected chi connectivity index (χ4v) is 2.86. The van der Waals surface area contributed by atoms with Crippen LogP contribution in [0.1, 0.15) is 46.6 Å². The first kappa shape index (κ1) is 21.1. The minimum Gasteiger partial charge on any atom is -0.490 e. The molecule has 0 bridgehead atoms. The Morgan fingerprint density at radius 2 is 1.68 bits per heavy atom. The molecular weight excluding hydrogens is 322 g/mol. The molecule has 0 saturated heterocycles. The van der Waals surface area contributed by atoms with Crippen molar-refractivity contribution in [3.05, 3.63) is 17.7 Å². The van der Waals surface area contributed by atoms with E-state index in [1.807, 2.05) is 39.8 Å².